The minimum atomic E-state index is 0.427. The highest BCUT2D eigenvalue weighted by atomic mass is 16.1. The zero-order chi connectivity index (χ0) is 10.1. The average Bonchev–Trinajstić information content (AvgIpc) is 2.43. The van der Waals surface area contributed by atoms with E-state index in [1.54, 1.807) is 0 Å². The zero-order valence-electron chi connectivity index (χ0n) is 8.32. The molecule has 0 N–H and O–H groups in total. The predicted octanol–water partition coefficient (Wildman–Crippen LogP) is 1.69. The van der Waals surface area contributed by atoms with Crippen molar-refractivity contribution in [3.63, 3.8) is 0 Å². The summed E-state index contributed by atoms with van der Waals surface area (Å²) in [5.41, 5.74) is 4.01. The monoisotopic (exact) mass is 188 g/mol. The van der Waals surface area contributed by atoms with E-state index in [0.717, 1.165) is 23.3 Å². The van der Waals surface area contributed by atoms with Gasteiger partial charge in [-0.1, -0.05) is 0 Å². The number of hydrogen-bond donors (Lipinski definition) is 0. The number of aldehydes is 1. The number of nitrogens with zero attached hydrogens (tertiary/aromatic N) is 2. The molecule has 0 unspecified atom stereocenters. The van der Waals surface area contributed by atoms with Gasteiger partial charge in [-0.25, -0.2) is 4.98 Å². The van der Waals surface area contributed by atoms with Gasteiger partial charge in [0.1, 0.15) is 11.9 Å². The minimum Gasteiger partial charge on any atom is -0.303 e. The van der Waals surface area contributed by atoms with Crippen molar-refractivity contribution in [1.29, 1.82) is 0 Å². The average molecular weight is 188 g/mol. The SMILES string of the molecule is Cc1ccn2c(CC=O)c(C)nc2c1. The van der Waals surface area contributed by atoms with Crippen LogP contribution in [0.15, 0.2) is 18.3 Å². The molecule has 0 aliphatic carbocycles. The van der Waals surface area contributed by atoms with Gasteiger partial charge in [0, 0.05) is 12.6 Å². The lowest BCUT2D eigenvalue weighted by molar-refractivity contribution is -0.107. The van der Waals surface area contributed by atoms with Crippen LogP contribution in [-0.4, -0.2) is 15.7 Å². The third-order valence-electron chi connectivity index (χ3n) is 2.36. The topological polar surface area (TPSA) is 34.4 Å². The molecular weight excluding hydrogens is 176 g/mol. The fourth-order valence-electron chi connectivity index (χ4n) is 1.64. The zero-order valence-corrected chi connectivity index (χ0v) is 8.32. The van der Waals surface area contributed by atoms with Crippen molar-refractivity contribution >= 4 is 11.9 Å². The van der Waals surface area contributed by atoms with Crippen LogP contribution in [0.1, 0.15) is 17.0 Å². The van der Waals surface area contributed by atoms with Gasteiger partial charge in [-0.15, -0.1) is 0 Å². The first-order valence-electron chi connectivity index (χ1n) is 4.60. The molecule has 0 fully saturated rings. The minimum absolute atomic E-state index is 0.427. The van der Waals surface area contributed by atoms with Crippen LogP contribution >= 0.6 is 0 Å². The molecule has 0 saturated heterocycles. The molecule has 0 amide bonds. The molecule has 2 heterocycles. The highest BCUT2D eigenvalue weighted by Crippen LogP contribution is 2.13. The summed E-state index contributed by atoms with van der Waals surface area (Å²) >= 11 is 0. The Kier molecular flexibility index (Phi) is 2.08. The molecule has 0 spiro atoms. The summed E-state index contributed by atoms with van der Waals surface area (Å²) < 4.78 is 1.97. The quantitative estimate of drug-likeness (QED) is 0.672. The van der Waals surface area contributed by atoms with E-state index >= 15 is 0 Å². The van der Waals surface area contributed by atoms with Crippen LogP contribution in [0.5, 0.6) is 0 Å². The smallest absolute Gasteiger partial charge is 0.137 e. The first kappa shape index (κ1) is 8.94. The Hall–Kier alpha value is -1.64. The highest BCUT2D eigenvalue weighted by Gasteiger charge is 2.07. The van der Waals surface area contributed by atoms with E-state index in [9.17, 15) is 4.79 Å². The first-order valence-corrected chi connectivity index (χ1v) is 4.60. The Morgan fingerprint density at radius 2 is 2.29 bits per heavy atom. The van der Waals surface area contributed by atoms with Gasteiger partial charge in [-0.3, -0.25) is 0 Å². The van der Waals surface area contributed by atoms with Gasteiger partial charge in [0.05, 0.1) is 11.4 Å². The predicted molar refractivity (Wildman–Crippen MR) is 54.4 cm³/mol. The first-order chi connectivity index (χ1) is 6.72. The lowest BCUT2D eigenvalue weighted by Crippen LogP contribution is -1.95. The van der Waals surface area contributed by atoms with Crippen LogP contribution in [0.25, 0.3) is 5.65 Å². The molecule has 2 aromatic heterocycles. The lowest BCUT2D eigenvalue weighted by atomic mass is 10.2. The molecule has 0 atom stereocenters. The van der Waals surface area contributed by atoms with E-state index in [4.69, 9.17) is 0 Å². The summed E-state index contributed by atoms with van der Waals surface area (Å²) in [7, 11) is 0. The second-order valence-corrected chi connectivity index (χ2v) is 3.45. The van der Waals surface area contributed by atoms with E-state index in [1.807, 2.05) is 36.6 Å². The number of hydrogen-bond acceptors (Lipinski definition) is 2. The Balaban J connectivity index is 2.70. The van der Waals surface area contributed by atoms with E-state index in [1.165, 1.54) is 5.56 Å². The van der Waals surface area contributed by atoms with Crippen LogP contribution in [-0.2, 0) is 11.2 Å². The Labute approximate surface area is 82.4 Å². The van der Waals surface area contributed by atoms with E-state index in [-0.39, 0.29) is 0 Å². The Morgan fingerprint density at radius 1 is 1.50 bits per heavy atom. The van der Waals surface area contributed by atoms with Crippen molar-refractivity contribution in [2.45, 2.75) is 20.3 Å². The molecule has 0 aromatic carbocycles. The molecule has 0 aliphatic rings. The molecule has 0 bridgehead atoms. The third-order valence-corrected chi connectivity index (χ3v) is 2.36. The number of rotatable bonds is 2. The van der Waals surface area contributed by atoms with Crippen LogP contribution in [0.2, 0.25) is 0 Å². The molecule has 0 radical (unpaired) electrons. The largest absolute Gasteiger partial charge is 0.303 e. The van der Waals surface area contributed by atoms with Crippen molar-refractivity contribution < 1.29 is 4.79 Å². The van der Waals surface area contributed by atoms with Crippen LogP contribution in [0.4, 0.5) is 0 Å². The number of carbonyl (C=O) groups excluding carboxylic acids is 1. The second-order valence-electron chi connectivity index (χ2n) is 3.45. The maximum atomic E-state index is 10.5. The summed E-state index contributed by atoms with van der Waals surface area (Å²) in [6.45, 7) is 3.96. The summed E-state index contributed by atoms with van der Waals surface area (Å²) in [6, 6.07) is 4.03. The maximum absolute atomic E-state index is 10.5. The van der Waals surface area contributed by atoms with Gasteiger partial charge in [-0.05, 0) is 31.5 Å². The number of aryl methyl sites for hydroxylation is 2. The molecule has 2 rings (SSSR count). The molecule has 72 valence electrons. The standard InChI is InChI=1S/C11H12N2O/c1-8-3-5-13-10(4-6-14)9(2)12-11(13)7-8/h3,5-7H,4H2,1-2H3. The molecule has 2 aromatic rings. The van der Waals surface area contributed by atoms with Gasteiger partial charge >= 0.3 is 0 Å². The number of pyridine rings is 1. The molecule has 0 aliphatic heterocycles. The second kappa shape index (κ2) is 3.25. The molecular formula is C11H12N2O. The van der Waals surface area contributed by atoms with Gasteiger partial charge in [0.25, 0.3) is 0 Å². The summed E-state index contributed by atoms with van der Waals surface area (Å²) in [4.78, 5) is 14.9. The summed E-state index contributed by atoms with van der Waals surface area (Å²) in [6.07, 6.45) is 3.30. The van der Waals surface area contributed by atoms with Crippen molar-refractivity contribution in [2.24, 2.45) is 0 Å². The van der Waals surface area contributed by atoms with E-state index in [0.29, 0.717) is 6.42 Å². The third kappa shape index (κ3) is 1.31. The lowest BCUT2D eigenvalue weighted by Gasteiger charge is -1.98. The van der Waals surface area contributed by atoms with Gasteiger partial charge in [0.2, 0.25) is 0 Å². The summed E-state index contributed by atoms with van der Waals surface area (Å²) in [5, 5.41) is 0. The number of imidazole rings is 1. The van der Waals surface area contributed by atoms with Crippen LogP contribution < -0.4 is 0 Å². The van der Waals surface area contributed by atoms with Crippen molar-refractivity contribution in [2.75, 3.05) is 0 Å². The number of fused-ring (bicyclic) bond motifs is 1. The van der Waals surface area contributed by atoms with Crippen molar-refractivity contribution in [3.8, 4) is 0 Å². The number of carbonyl (C=O) groups is 1. The molecule has 0 saturated carbocycles. The van der Waals surface area contributed by atoms with Crippen molar-refractivity contribution in [3.05, 3.63) is 35.3 Å². The molecule has 3 heteroatoms. The number of aromatic nitrogens is 2. The Bertz CT molecular complexity index is 485. The molecule has 14 heavy (non-hydrogen) atoms. The van der Waals surface area contributed by atoms with E-state index in [2.05, 4.69) is 4.98 Å². The van der Waals surface area contributed by atoms with Crippen LogP contribution in [0, 0.1) is 13.8 Å². The molecule has 3 nitrogen and oxygen atoms in total. The Morgan fingerprint density at radius 3 is 3.00 bits per heavy atom. The van der Waals surface area contributed by atoms with Gasteiger partial charge in [0.15, 0.2) is 0 Å². The van der Waals surface area contributed by atoms with Crippen LogP contribution in [0.3, 0.4) is 0 Å². The van der Waals surface area contributed by atoms with E-state index < -0.39 is 0 Å². The maximum Gasteiger partial charge on any atom is 0.137 e. The van der Waals surface area contributed by atoms with Crippen molar-refractivity contribution in [1.82, 2.24) is 9.38 Å². The van der Waals surface area contributed by atoms with Gasteiger partial charge < -0.3 is 9.20 Å². The highest BCUT2D eigenvalue weighted by molar-refractivity contribution is 5.57. The van der Waals surface area contributed by atoms with Gasteiger partial charge in [-0.2, -0.15) is 0 Å². The fraction of sp³-hybridized carbons (Fsp3) is 0.273. The summed E-state index contributed by atoms with van der Waals surface area (Å²) in [5.74, 6) is 0. The normalized spacial score (nSPS) is 10.7. The fourth-order valence-corrected chi connectivity index (χ4v) is 1.64.